The van der Waals surface area contributed by atoms with Crippen LogP contribution in [0.1, 0.15) is 50.7 Å². The van der Waals surface area contributed by atoms with Crippen LogP contribution in [-0.4, -0.2) is 68.0 Å². The summed E-state index contributed by atoms with van der Waals surface area (Å²) in [6.45, 7) is 7.19. The summed E-state index contributed by atoms with van der Waals surface area (Å²) in [6.07, 6.45) is 4.06. The number of halogens is 2. The predicted molar refractivity (Wildman–Crippen MR) is 147 cm³/mol. The van der Waals surface area contributed by atoms with Gasteiger partial charge in [-0.25, -0.2) is 0 Å². The lowest BCUT2D eigenvalue weighted by Crippen LogP contribution is -2.60. The molecule has 0 aromatic heterocycles. The largest absolute Gasteiger partial charge is 0.491 e. The van der Waals surface area contributed by atoms with Crippen molar-refractivity contribution >= 4 is 29.1 Å². The van der Waals surface area contributed by atoms with Crippen molar-refractivity contribution in [3.05, 3.63) is 63.6 Å². The number of likely N-dealkylation sites (N-methyl/N-ethyl adjacent to an activating group) is 1. The van der Waals surface area contributed by atoms with Crippen molar-refractivity contribution in [2.75, 3.05) is 39.9 Å². The minimum absolute atomic E-state index is 0.0802. The van der Waals surface area contributed by atoms with E-state index in [1.807, 2.05) is 61.2 Å². The van der Waals surface area contributed by atoms with Gasteiger partial charge in [-0.15, -0.1) is 0 Å². The van der Waals surface area contributed by atoms with Crippen LogP contribution >= 0.6 is 23.2 Å². The molecule has 2 unspecified atom stereocenters. The Morgan fingerprint density at radius 2 is 1.97 bits per heavy atom. The summed E-state index contributed by atoms with van der Waals surface area (Å²) in [6, 6.07) is 13.6. The van der Waals surface area contributed by atoms with E-state index in [4.69, 9.17) is 37.4 Å². The third-order valence-corrected chi connectivity index (χ3v) is 8.02. The number of carbonyl (C=O) groups is 1. The van der Waals surface area contributed by atoms with Crippen molar-refractivity contribution in [3.8, 4) is 5.75 Å². The number of hydrogen-bond acceptors (Lipinski definition) is 5. The zero-order valence-corrected chi connectivity index (χ0v) is 23.6. The van der Waals surface area contributed by atoms with E-state index in [2.05, 4.69) is 11.9 Å². The Bertz CT molecular complexity index is 1060. The van der Waals surface area contributed by atoms with Crippen molar-refractivity contribution in [2.24, 2.45) is 0 Å². The minimum Gasteiger partial charge on any atom is -0.491 e. The number of rotatable bonds is 9. The highest BCUT2D eigenvalue weighted by molar-refractivity contribution is 6.42. The summed E-state index contributed by atoms with van der Waals surface area (Å²) in [5, 5.41) is 1.02. The van der Waals surface area contributed by atoms with Gasteiger partial charge in [0.15, 0.2) is 6.29 Å². The fourth-order valence-electron chi connectivity index (χ4n) is 5.21. The highest BCUT2D eigenvalue weighted by Gasteiger charge is 2.43. The van der Waals surface area contributed by atoms with Crippen LogP contribution in [0.2, 0.25) is 10.0 Å². The first-order valence-electron chi connectivity index (χ1n) is 13.2. The summed E-state index contributed by atoms with van der Waals surface area (Å²) in [7, 11) is 2.11. The molecule has 2 aliphatic heterocycles. The zero-order valence-electron chi connectivity index (χ0n) is 22.1. The first kappa shape index (κ1) is 28.2. The minimum atomic E-state index is -0.459. The molecule has 6 nitrogen and oxygen atoms in total. The van der Waals surface area contributed by atoms with E-state index in [-0.39, 0.29) is 18.3 Å². The molecule has 2 aromatic rings. The van der Waals surface area contributed by atoms with Gasteiger partial charge in [-0.3, -0.25) is 9.69 Å². The number of piperazine rings is 1. The maximum absolute atomic E-state index is 13.5. The van der Waals surface area contributed by atoms with Gasteiger partial charge in [0.05, 0.1) is 34.7 Å². The fourth-order valence-corrected chi connectivity index (χ4v) is 5.51. The number of ether oxygens (including phenoxy) is 3. The van der Waals surface area contributed by atoms with Gasteiger partial charge in [-0.05, 0) is 82.0 Å². The molecule has 202 valence electrons. The summed E-state index contributed by atoms with van der Waals surface area (Å²) < 4.78 is 17.7. The molecule has 0 N–H and O–H groups in total. The number of carbonyl (C=O) groups excluding carboxylic acids is 1. The zero-order chi connectivity index (χ0) is 26.4. The molecule has 2 aromatic carbocycles. The topological polar surface area (TPSA) is 51.2 Å². The highest BCUT2D eigenvalue weighted by atomic mass is 35.5. The van der Waals surface area contributed by atoms with Gasteiger partial charge in [0, 0.05) is 26.2 Å². The lowest BCUT2D eigenvalue weighted by atomic mass is 9.82. The third kappa shape index (κ3) is 7.18. The summed E-state index contributed by atoms with van der Waals surface area (Å²) >= 11 is 12.7. The van der Waals surface area contributed by atoms with Crippen LogP contribution in [0.15, 0.2) is 42.5 Å². The number of benzene rings is 2. The van der Waals surface area contributed by atoms with E-state index in [0.717, 1.165) is 49.3 Å². The van der Waals surface area contributed by atoms with Gasteiger partial charge < -0.3 is 19.1 Å². The van der Waals surface area contributed by atoms with E-state index in [0.29, 0.717) is 42.6 Å². The first-order valence-corrected chi connectivity index (χ1v) is 14.0. The molecule has 2 saturated heterocycles. The van der Waals surface area contributed by atoms with E-state index in [1.54, 1.807) is 0 Å². The molecule has 0 aliphatic carbocycles. The molecule has 37 heavy (non-hydrogen) atoms. The predicted octanol–water partition coefficient (Wildman–Crippen LogP) is 5.93. The van der Waals surface area contributed by atoms with Gasteiger partial charge in [0.1, 0.15) is 5.75 Å². The Morgan fingerprint density at radius 3 is 2.70 bits per heavy atom. The van der Waals surface area contributed by atoms with Gasteiger partial charge in [-0.2, -0.15) is 0 Å². The molecule has 2 atom stereocenters. The average molecular weight is 550 g/mol. The maximum Gasteiger partial charge on any atom is 0.227 e. The molecule has 2 aliphatic rings. The molecule has 0 saturated carbocycles. The van der Waals surface area contributed by atoms with Crippen molar-refractivity contribution in [2.45, 2.75) is 63.9 Å². The smallest absolute Gasteiger partial charge is 0.227 e. The quantitative estimate of drug-likeness (QED) is 0.389. The van der Waals surface area contributed by atoms with Crippen LogP contribution < -0.4 is 4.74 Å². The highest BCUT2D eigenvalue weighted by Crippen LogP contribution is 2.38. The van der Waals surface area contributed by atoms with Crippen LogP contribution in [0.5, 0.6) is 5.75 Å². The van der Waals surface area contributed by atoms with Crippen LogP contribution in [0, 0.1) is 0 Å². The van der Waals surface area contributed by atoms with Crippen LogP contribution in [-0.2, 0) is 26.2 Å². The standard InChI is InChI=1S/C29H38Cl2N2O4/c1-21(2)37-24-8-6-7-22(17-24)18-27(34)33-14-13-32(3)29(20-33,23-10-11-25(30)26(31)19-23)12-16-36-28-9-4-5-15-35-28/h6-8,10-11,17,19,21,28H,4-5,9,12-16,18,20H2,1-3H3. The molecule has 4 rings (SSSR count). The van der Waals surface area contributed by atoms with E-state index in [1.165, 1.54) is 0 Å². The second-order valence-electron chi connectivity index (χ2n) is 10.3. The lowest BCUT2D eigenvalue weighted by molar-refractivity contribution is -0.169. The third-order valence-electron chi connectivity index (χ3n) is 7.28. The van der Waals surface area contributed by atoms with Gasteiger partial charge >= 0.3 is 0 Å². The summed E-state index contributed by atoms with van der Waals surface area (Å²) in [5.74, 6) is 0.877. The lowest BCUT2D eigenvalue weighted by Gasteiger charge is -2.50. The number of hydrogen-bond donors (Lipinski definition) is 0. The molecule has 2 fully saturated rings. The summed E-state index contributed by atoms with van der Waals surface area (Å²) in [4.78, 5) is 17.8. The Balaban J connectivity index is 1.53. The molecule has 0 radical (unpaired) electrons. The van der Waals surface area contributed by atoms with Crippen LogP contribution in [0.3, 0.4) is 0 Å². The SMILES string of the molecule is CC(C)Oc1cccc(CC(=O)N2CCN(C)C(CCOC3CCCCO3)(c3ccc(Cl)c(Cl)c3)C2)c1. The first-order chi connectivity index (χ1) is 17.8. The maximum atomic E-state index is 13.5. The van der Waals surface area contributed by atoms with Gasteiger partial charge in [0.2, 0.25) is 5.91 Å². The van der Waals surface area contributed by atoms with Crippen molar-refractivity contribution < 1.29 is 19.0 Å². The average Bonchev–Trinajstić information content (AvgIpc) is 2.87. The van der Waals surface area contributed by atoms with E-state index in [9.17, 15) is 4.79 Å². The normalized spacial score (nSPS) is 22.9. The van der Waals surface area contributed by atoms with Crippen molar-refractivity contribution in [1.82, 2.24) is 9.80 Å². The molecular formula is C29H38Cl2N2O4. The number of nitrogens with zero attached hydrogens (tertiary/aromatic N) is 2. The summed E-state index contributed by atoms with van der Waals surface area (Å²) in [5.41, 5.74) is 1.52. The monoisotopic (exact) mass is 548 g/mol. The molecular weight excluding hydrogens is 511 g/mol. The molecule has 1 amide bonds. The number of amides is 1. The second kappa shape index (κ2) is 12.8. The van der Waals surface area contributed by atoms with E-state index < -0.39 is 5.54 Å². The van der Waals surface area contributed by atoms with Crippen molar-refractivity contribution in [1.29, 1.82) is 0 Å². The fraction of sp³-hybridized carbons (Fsp3) is 0.552. The molecule has 8 heteroatoms. The second-order valence-corrected chi connectivity index (χ2v) is 11.1. The molecule has 0 bridgehead atoms. The Hall–Kier alpha value is -1.83. The van der Waals surface area contributed by atoms with Gasteiger partial charge in [0.25, 0.3) is 0 Å². The van der Waals surface area contributed by atoms with E-state index >= 15 is 0 Å². The Morgan fingerprint density at radius 1 is 1.14 bits per heavy atom. The van der Waals surface area contributed by atoms with Crippen LogP contribution in [0.4, 0.5) is 0 Å². The molecule has 0 spiro atoms. The van der Waals surface area contributed by atoms with Crippen LogP contribution in [0.25, 0.3) is 0 Å². The molecule has 2 heterocycles. The Labute approximate surface area is 230 Å². The Kier molecular flexibility index (Phi) is 9.76. The van der Waals surface area contributed by atoms with Gasteiger partial charge in [-0.1, -0.05) is 41.4 Å². The van der Waals surface area contributed by atoms with Crippen molar-refractivity contribution in [3.63, 3.8) is 0 Å².